The van der Waals surface area contributed by atoms with E-state index in [1.165, 1.54) is 0 Å². The Bertz CT molecular complexity index is 1240. The lowest BCUT2D eigenvalue weighted by atomic mass is 10.0. The standard InChI is InChI=1S/C25H21N3O3/c1-28(15-17-16-30-23-11-4-5-12-24(23)31-17)25(29)19-14-22(21-10-6-7-13-26-21)27-20-9-3-2-8-18(19)20/h2-14,17H,15-16H2,1H3/t17-/m1/s1. The van der Waals surface area contributed by atoms with Crippen molar-refractivity contribution in [2.24, 2.45) is 0 Å². The summed E-state index contributed by atoms with van der Waals surface area (Å²) in [5.41, 5.74) is 2.74. The molecule has 1 aliphatic rings. The van der Waals surface area contributed by atoms with Crippen molar-refractivity contribution in [1.29, 1.82) is 0 Å². The van der Waals surface area contributed by atoms with Crippen LogP contribution in [0.5, 0.6) is 11.5 Å². The second-order valence-electron chi connectivity index (χ2n) is 7.47. The topological polar surface area (TPSA) is 64.6 Å². The van der Waals surface area contributed by atoms with E-state index in [0.717, 1.165) is 22.3 Å². The van der Waals surface area contributed by atoms with E-state index < -0.39 is 0 Å². The van der Waals surface area contributed by atoms with Gasteiger partial charge in [0.25, 0.3) is 5.91 Å². The Balaban J connectivity index is 1.44. The van der Waals surface area contributed by atoms with Gasteiger partial charge in [0.15, 0.2) is 17.6 Å². The van der Waals surface area contributed by atoms with Gasteiger partial charge in [0.05, 0.1) is 29.0 Å². The van der Waals surface area contributed by atoms with Crippen molar-refractivity contribution < 1.29 is 14.3 Å². The number of fused-ring (bicyclic) bond motifs is 2. The monoisotopic (exact) mass is 411 g/mol. The Hall–Kier alpha value is -3.93. The Morgan fingerprint density at radius 1 is 1.00 bits per heavy atom. The third-order valence-corrected chi connectivity index (χ3v) is 5.27. The maximum absolute atomic E-state index is 13.4. The second kappa shape index (κ2) is 8.07. The molecule has 2 aromatic carbocycles. The van der Waals surface area contributed by atoms with Gasteiger partial charge < -0.3 is 14.4 Å². The number of nitrogens with zero attached hydrogens (tertiary/aromatic N) is 3. The van der Waals surface area contributed by atoms with E-state index in [4.69, 9.17) is 14.5 Å². The van der Waals surface area contributed by atoms with Gasteiger partial charge in [-0.05, 0) is 36.4 Å². The number of likely N-dealkylation sites (N-methyl/N-ethyl adjacent to an activating group) is 1. The van der Waals surface area contributed by atoms with Crippen LogP contribution in [0.15, 0.2) is 79.0 Å². The number of hydrogen-bond acceptors (Lipinski definition) is 5. The Morgan fingerprint density at radius 3 is 2.61 bits per heavy atom. The first-order chi connectivity index (χ1) is 15.2. The minimum atomic E-state index is -0.243. The molecule has 4 aromatic rings. The molecule has 0 aliphatic carbocycles. The number of carbonyl (C=O) groups is 1. The van der Waals surface area contributed by atoms with Crippen molar-refractivity contribution in [2.45, 2.75) is 6.10 Å². The quantitative estimate of drug-likeness (QED) is 0.503. The molecule has 1 atom stereocenters. The highest BCUT2D eigenvalue weighted by atomic mass is 16.6. The van der Waals surface area contributed by atoms with Crippen molar-refractivity contribution in [3.8, 4) is 22.9 Å². The predicted molar refractivity (Wildman–Crippen MR) is 118 cm³/mol. The molecule has 0 fully saturated rings. The van der Waals surface area contributed by atoms with Gasteiger partial charge in [-0.3, -0.25) is 9.78 Å². The molecule has 0 saturated heterocycles. The minimum Gasteiger partial charge on any atom is -0.486 e. The summed E-state index contributed by atoms with van der Waals surface area (Å²) in [6.07, 6.45) is 1.48. The average molecular weight is 411 g/mol. The summed E-state index contributed by atoms with van der Waals surface area (Å²) in [5.74, 6) is 1.33. The lowest BCUT2D eigenvalue weighted by Crippen LogP contribution is -2.41. The van der Waals surface area contributed by atoms with Crippen LogP contribution in [0.1, 0.15) is 10.4 Å². The molecule has 6 heteroatoms. The van der Waals surface area contributed by atoms with Crippen LogP contribution in [0.2, 0.25) is 0 Å². The number of pyridine rings is 2. The normalized spacial score (nSPS) is 14.9. The molecule has 0 radical (unpaired) electrons. The third kappa shape index (κ3) is 3.80. The summed E-state index contributed by atoms with van der Waals surface area (Å²) in [6.45, 7) is 0.799. The Labute approximate surface area is 180 Å². The van der Waals surface area contributed by atoms with Gasteiger partial charge in [0, 0.05) is 18.6 Å². The van der Waals surface area contributed by atoms with E-state index >= 15 is 0 Å². The lowest BCUT2D eigenvalue weighted by Gasteiger charge is -2.29. The first kappa shape index (κ1) is 19.1. The van der Waals surface area contributed by atoms with E-state index in [9.17, 15) is 4.79 Å². The van der Waals surface area contributed by atoms with E-state index in [1.807, 2.05) is 72.8 Å². The van der Waals surface area contributed by atoms with Crippen LogP contribution in [0.4, 0.5) is 0 Å². The molecule has 5 rings (SSSR count). The number of rotatable bonds is 4. The molecule has 0 saturated carbocycles. The lowest BCUT2D eigenvalue weighted by molar-refractivity contribution is 0.0522. The zero-order chi connectivity index (χ0) is 21.2. The molecule has 0 N–H and O–H groups in total. The zero-order valence-corrected chi connectivity index (χ0v) is 17.1. The molecule has 6 nitrogen and oxygen atoms in total. The highest BCUT2D eigenvalue weighted by molar-refractivity contribution is 6.07. The van der Waals surface area contributed by atoms with E-state index in [0.29, 0.717) is 30.2 Å². The maximum Gasteiger partial charge on any atom is 0.254 e. The zero-order valence-electron chi connectivity index (χ0n) is 17.1. The van der Waals surface area contributed by atoms with Crippen LogP contribution in [0.3, 0.4) is 0 Å². The molecule has 3 heterocycles. The SMILES string of the molecule is CN(C[C@@H]1COc2ccccc2O1)C(=O)c1cc(-c2ccccn2)nc2ccccc12. The number of para-hydroxylation sites is 3. The largest absolute Gasteiger partial charge is 0.486 e. The number of amides is 1. The van der Waals surface area contributed by atoms with E-state index in [1.54, 1.807) is 18.1 Å². The smallest absolute Gasteiger partial charge is 0.254 e. The van der Waals surface area contributed by atoms with Gasteiger partial charge in [-0.15, -0.1) is 0 Å². The van der Waals surface area contributed by atoms with Crippen molar-refractivity contribution in [1.82, 2.24) is 14.9 Å². The van der Waals surface area contributed by atoms with Crippen molar-refractivity contribution in [3.05, 3.63) is 84.6 Å². The van der Waals surface area contributed by atoms with Crippen molar-refractivity contribution in [3.63, 3.8) is 0 Å². The van der Waals surface area contributed by atoms with Gasteiger partial charge in [-0.25, -0.2) is 4.98 Å². The van der Waals surface area contributed by atoms with E-state index in [-0.39, 0.29) is 12.0 Å². The Kier molecular flexibility index (Phi) is 4.96. The van der Waals surface area contributed by atoms with Gasteiger partial charge in [-0.2, -0.15) is 0 Å². The molecule has 1 aliphatic heterocycles. The summed E-state index contributed by atoms with van der Waals surface area (Å²) < 4.78 is 11.8. The van der Waals surface area contributed by atoms with Crippen LogP contribution in [0.25, 0.3) is 22.3 Å². The molecule has 0 spiro atoms. The fraction of sp³-hybridized carbons (Fsp3) is 0.160. The number of carbonyl (C=O) groups excluding carboxylic acids is 1. The van der Waals surface area contributed by atoms with Crippen molar-refractivity contribution in [2.75, 3.05) is 20.2 Å². The summed E-state index contributed by atoms with van der Waals surface area (Å²) in [4.78, 5) is 24.2. The van der Waals surface area contributed by atoms with E-state index in [2.05, 4.69) is 4.98 Å². The Morgan fingerprint density at radius 2 is 1.77 bits per heavy atom. The number of benzene rings is 2. The minimum absolute atomic E-state index is 0.0989. The molecule has 154 valence electrons. The third-order valence-electron chi connectivity index (χ3n) is 5.27. The number of hydrogen-bond donors (Lipinski definition) is 0. The fourth-order valence-electron chi connectivity index (χ4n) is 3.74. The number of aromatic nitrogens is 2. The fourth-order valence-corrected chi connectivity index (χ4v) is 3.74. The van der Waals surface area contributed by atoms with Crippen LogP contribution < -0.4 is 9.47 Å². The average Bonchev–Trinajstić information content (AvgIpc) is 2.83. The summed E-state index contributed by atoms with van der Waals surface area (Å²) in [5, 5.41) is 0.810. The summed E-state index contributed by atoms with van der Waals surface area (Å²) >= 11 is 0. The van der Waals surface area contributed by atoms with Gasteiger partial charge in [-0.1, -0.05) is 36.4 Å². The van der Waals surface area contributed by atoms with Crippen LogP contribution in [0, 0.1) is 0 Å². The summed E-state index contributed by atoms with van der Waals surface area (Å²) in [7, 11) is 1.78. The van der Waals surface area contributed by atoms with Gasteiger partial charge in [0.2, 0.25) is 0 Å². The highest BCUT2D eigenvalue weighted by Gasteiger charge is 2.25. The van der Waals surface area contributed by atoms with Gasteiger partial charge in [0.1, 0.15) is 6.61 Å². The van der Waals surface area contributed by atoms with Crippen LogP contribution in [-0.4, -0.2) is 47.1 Å². The second-order valence-corrected chi connectivity index (χ2v) is 7.47. The first-order valence-corrected chi connectivity index (χ1v) is 10.1. The molecule has 0 bridgehead atoms. The van der Waals surface area contributed by atoms with Gasteiger partial charge >= 0.3 is 0 Å². The first-order valence-electron chi connectivity index (χ1n) is 10.1. The molecule has 0 unspecified atom stereocenters. The van der Waals surface area contributed by atoms with Crippen molar-refractivity contribution >= 4 is 16.8 Å². The molecular formula is C25H21N3O3. The molecular weight excluding hydrogens is 390 g/mol. The number of ether oxygens (including phenoxy) is 2. The molecule has 2 aromatic heterocycles. The molecule has 31 heavy (non-hydrogen) atoms. The summed E-state index contributed by atoms with van der Waals surface area (Å²) in [6, 6.07) is 22.7. The predicted octanol–water partition coefficient (Wildman–Crippen LogP) is 4.21. The highest BCUT2D eigenvalue weighted by Crippen LogP contribution is 2.31. The van der Waals surface area contributed by atoms with Crippen LogP contribution >= 0.6 is 0 Å². The maximum atomic E-state index is 13.4. The molecule has 1 amide bonds. The van der Waals surface area contributed by atoms with Crippen LogP contribution in [-0.2, 0) is 0 Å².